The molecule has 142 valence electrons. The second kappa shape index (κ2) is 7.62. The largest absolute Gasteiger partial charge is 0.457 e. The third kappa shape index (κ3) is 3.35. The second-order valence-electron chi connectivity index (χ2n) is 6.80. The zero-order valence-electron chi connectivity index (χ0n) is 15.6. The monoisotopic (exact) mass is 393 g/mol. The van der Waals surface area contributed by atoms with Crippen molar-refractivity contribution in [3.05, 3.63) is 71.8 Å². The van der Waals surface area contributed by atoms with E-state index in [-0.39, 0.29) is 12.6 Å². The standard InChI is InChI=1S/C22H20ClN3O2/c1-14(2)26-11-18(20-21(23)24-13-25-22(20)26)15-8-9-19(16(10-15)12-27)28-17-6-4-3-5-7-17/h3-11,13-14,27H,12H2,1-2H3. The fraction of sp³-hybridized carbons (Fsp3) is 0.182. The number of hydrogen-bond acceptors (Lipinski definition) is 4. The van der Waals surface area contributed by atoms with Gasteiger partial charge in [-0.2, -0.15) is 0 Å². The van der Waals surface area contributed by atoms with Crippen molar-refractivity contribution in [2.24, 2.45) is 0 Å². The van der Waals surface area contributed by atoms with Crippen LogP contribution < -0.4 is 4.74 Å². The first-order valence-electron chi connectivity index (χ1n) is 9.06. The van der Waals surface area contributed by atoms with Crippen molar-refractivity contribution in [1.29, 1.82) is 0 Å². The van der Waals surface area contributed by atoms with Crippen LogP contribution in [0.3, 0.4) is 0 Å². The molecule has 2 heterocycles. The van der Waals surface area contributed by atoms with Gasteiger partial charge in [-0.15, -0.1) is 0 Å². The minimum absolute atomic E-state index is 0.136. The van der Waals surface area contributed by atoms with Crippen molar-refractivity contribution >= 4 is 22.6 Å². The molecule has 0 amide bonds. The van der Waals surface area contributed by atoms with E-state index in [9.17, 15) is 5.11 Å². The molecule has 0 aliphatic heterocycles. The summed E-state index contributed by atoms with van der Waals surface area (Å²) in [5.41, 5.74) is 3.33. The van der Waals surface area contributed by atoms with E-state index in [0.29, 0.717) is 16.5 Å². The summed E-state index contributed by atoms with van der Waals surface area (Å²) < 4.78 is 8.00. The predicted octanol–water partition coefficient (Wildman–Crippen LogP) is 5.62. The Morgan fingerprint density at radius 3 is 2.61 bits per heavy atom. The van der Waals surface area contributed by atoms with Crippen LogP contribution in [-0.4, -0.2) is 19.6 Å². The Balaban J connectivity index is 1.82. The molecular weight excluding hydrogens is 374 g/mol. The number of para-hydroxylation sites is 1. The van der Waals surface area contributed by atoms with Gasteiger partial charge in [0.1, 0.15) is 28.6 Å². The summed E-state index contributed by atoms with van der Waals surface area (Å²) in [4.78, 5) is 8.57. The minimum atomic E-state index is -0.136. The van der Waals surface area contributed by atoms with Crippen LogP contribution >= 0.6 is 11.6 Å². The van der Waals surface area contributed by atoms with Gasteiger partial charge in [-0.25, -0.2) is 9.97 Å². The Labute approximate surface area is 168 Å². The average Bonchev–Trinajstić information content (AvgIpc) is 3.10. The van der Waals surface area contributed by atoms with Crippen LogP contribution in [0.2, 0.25) is 5.15 Å². The topological polar surface area (TPSA) is 60.2 Å². The summed E-state index contributed by atoms with van der Waals surface area (Å²) in [5, 5.41) is 11.1. The van der Waals surface area contributed by atoms with E-state index in [1.165, 1.54) is 6.33 Å². The van der Waals surface area contributed by atoms with Gasteiger partial charge in [0.2, 0.25) is 0 Å². The summed E-state index contributed by atoms with van der Waals surface area (Å²) in [6.45, 7) is 4.05. The highest BCUT2D eigenvalue weighted by atomic mass is 35.5. The van der Waals surface area contributed by atoms with Gasteiger partial charge < -0.3 is 14.4 Å². The smallest absolute Gasteiger partial charge is 0.145 e. The molecule has 0 saturated heterocycles. The number of aliphatic hydroxyl groups is 1. The van der Waals surface area contributed by atoms with Gasteiger partial charge in [0.15, 0.2) is 0 Å². The summed E-state index contributed by atoms with van der Waals surface area (Å²) in [5.74, 6) is 1.34. The molecule has 0 aliphatic carbocycles. The molecule has 4 rings (SSSR count). The molecule has 5 nitrogen and oxygen atoms in total. The molecule has 0 atom stereocenters. The van der Waals surface area contributed by atoms with Crippen molar-refractivity contribution < 1.29 is 9.84 Å². The van der Waals surface area contributed by atoms with E-state index in [4.69, 9.17) is 16.3 Å². The number of ether oxygens (including phenoxy) is 1. The summed E-state index contributed by atoms with van der Waals surface area (Å²) in [6, 6.07) is 15.5. The molecule has 0 unspecified atom stereocenters. The van der Waals surface area contributed by atoms with Gasteiger partial charge in [0.05, 0.1) is 12.0 Å². The summed E-state index contributed by atoms with van der Waals surface area (Å²) in [6.07, 6.45) is 3.51. The fourth-order valence-electron chi connectivity index (χ4n) is 3.25. The van der Waals surface area contributed by atoms with Crippen LogP contribution in [0.25, 0.3) is 22.2 Å². The van der Waals surface area contributed by atoms with E-state index in [2.05, 4.69) is 28.4 Å². The predicted molar refractivity (Wildman–Crippen MR) is 111 cm³/mol. The van der Waals surface area contributed by atoms with Crippen LogP contribution in [0.5, 0.6) is 11.5 Å². The van der Waals surface area contributed by atoms with E-state index < -0.39 is 0 Å². The first-order valence-corrected chi connectivity index (χ1v) is 9.44. The maximum atomic E-state index is 9.89. The second-order valence-corrected chi connectivity index (χ2v) is 7.16. The molecule has 0 fully saturated rings. The molecule has 0 bridgehead atoms. The van der Waals surface area contributed by atoms with E-state index in [0.717, 1.165) is 27.9 Å². The summed E-state index contributed by atoms with van der Waals surface area (Å²) in [7, 11) is 0. The summed E-state index contributed by atoms with van der Waals surface area (Å²) >= 11 is 6.40. The van der Waals surface area contributed by atoms with E-state index in [1.54, 1.807) is 0 Å². The highest BCUT2D eigenvalue weighted by Crippen LogP contribution is 2.37. The SMILES string of the molecule is CC(C)n1cc(-c2ccc(Oc3ccccc3)c(CO)c2)c2c(Cl)ncnc21. The third-order valence-electron chi connectivity index (χ3n) is 4.63. The molecule has 6 heteroatoms. The Morgan fingerprint density at radius 1 is 1.11 bits per heavy atom. The molecule has 2 aromatic heterocycles. The number of aromatic nitrogens is 3. The Hall–Kier alpha value is -2.89. The van der Waals surface area contributed by atoms with Crippen molar-refractivity contribution in [3.63, 3.8) is 0 Å². The fourth-order valence-corrected chi connectivity index (χ4v) is 3.48. The quantitative estimate of drug-likeness (QED) is 0.447. The van der Waals surface area contributed by atoms with Gasteiger partial charge in [0, 0.05) is 23.4 Å². The number of aliphatic hydroxyl groups excluding tert-OH is 1. The number of fused-ring (bicyclic) bond motifs is 1. The zero-order valence-corrected chi connectivity index (χ0v) is 16.4. The maximum Gasteiger partial charge on any atom is 0.145 e. The zero-order chi connectivity index (χ0) is 19.7. The first-order chi connectivity index (χ1) is 13.6. The Morgan fingerprint density at radius 2 is 1.89 bits per heavy atom. The number of benzene rings is 2. The van der Waals surface area contributed by atoms with Crippen molar-refractivity contribution in [3.8, 4) is 22.6 Å². The lowest BCUT2D eigenvalue weighted by molar-refractivity contribution is 0.276. The van der Waals surface area contributed by atoms with Gasteiger partial charge in [-0.1, -0.05) is 35.9 Å². The lowest BCUT2D eigenvalue weighted by atomic mass is 10.0. The van der Waals surface area contributed by atoms with Gasteiger partial charge in [-0.3, -0.25) is 0 Å². The molecular formula is C22H20ClN3O2. The van der Waals surface area contributed by atoms with E-state index >= 15 is 0 Å². The highest BCUT2D eigenvalue weighted by Gasteiger charge is 2.18. The van der Waals surface area contributed by atoms with Crippen LogP contribution in [0.1, 0.15) is 25.5 Å². The third-order valence-corrected chi connectivity index (χ3v) is 4.92. The van der Waals surface area contributed by atoms with Crippen molar-refractivity contribution in [1.82, 2.24) is 14.5 Å². The van der Waals surface area contributed by atoms with Gasteiger partial charge >= 0.3 is 0 Å². The molecule has 0 saturated carbocycles. The van der Waals surface area contributed by atoms with E-state index in [1.807, 2.05) is 54.7 Å². The lowest BCUT2D eigenvalue weighted by Gasteiger charge is -2.11. The number of hydrogen-bond donors (Lipinski definition) is 1. The highest BCUT2D eigenvalue weighted by molar-refractivity contribution is 6.35. The molecule has 2 aromatic carbocycles. The molecule has 1 N–H and O–H groups in total. The first kappa shape index (κ1) is 18.5. The maximum absolute atomic E-state index is 9.89. The van der Waals surface area contributed by atoms with Gasteiger partial charge in [-0.05, 0) is 43.7 Å². The van der Waals surface area contributed by atoms with Crippen molar-refractivity contribution in [2.75, 3.05) is 0 Å². The minimum Gasteiger partial charge on any atom is -0.457 e. The van der Waals surface area contributed by atoms with Crippen LogP contribution in [0, 0.1) is 0 Å². The van der Waals surface area contributed by atoms with Crippen LogP contribution in [0.4, 0.5) is 0 Å². The van der Waals surface area contributed by atoms with Crippen LogP contribution in [-0.2, 0) is 6.61 Å². The number of halogens is 1. The van der Waals surface area contributed by atoms with Crippen LogP contribution in [0.15, 0.2) is 61.1 Å². The normalized spacial score (nSPS) is 11.3. The van der Waals surface area contributed by atoms with Crippen molar-refractivity contribution in [2.45, 2.75) is 26.5 Å². The molecule has 4 aromatic rings. The van der Waals surface area contributed by atoms with Gasteiger partial charge in [0.25, 0.3) is 0 Å². The Bertz CT molecular complexity index is 1120. The average molecular weight is 394 g/mol. The Kier molecular flexibility index (Phi) is 5.03. The number of rotatable bonds is 5. The lowest BCUT2D eigenvalue weighted by Crippen LogP contribution is -1.99. The molecule has 0 radical (unpaired) electrons. The molecule has 0 aliphatic rings. The molecule has 0 spiro atoms. The molecule has 28 heavy (non-hydrogen) atoms. The number of nitrogens with zero attached hydrogens (tertiary/aromatic N) is 3.